The molecule has 0 aliphatic rings. The van der Waals surface area contributed by atoms with Crippen LogP contribution in [-0.4, -0.2) is 33.9 Å². The highest BCUT2D eigenvalue weighted by molar-refractivity contribution is 7.98. The molecule has 1 aromatic carbocycles. The Balaban J connectivity index is 0.00000220. The van der Waals surface area contributed by atoms with E-state index in [1.807, 2.05) is 6.26 Å². The number of hydrogen-bond donors (Lipinski definition) is 3. The van der Waals surface area contributed by atoms with Crippen LogP contribution in [0.2, 0.25) is 0 Å². The lowest BCUT2D eigenvalue weighted by Gasteiger charge is -2.10. The number of amides is 1. The summed E-state index contributed by atoms with van der Waals surface area (Å²) >= 11 is 1.65. The highest BCUT2D eigenvalue weighted by Crippen LogP contribution is 2.12. The fourth-order valence-corrected chi connectivity index (χ4v) is 2.29. The van der Waals surface area contributed by atoms with E-state index in [0.717, 1.165) is 5.75 Å². The molecule has 0 fully saturated rings. The number of carbonyl (C=O) groups is 1. The number of halogens is 2. The second kappa shape index (κ2) is 8.21. The SMILES string of the molecule is CSCC[C@H](N)C(=O)NCc1nc2ccc(F)cc2[nH]1.Cl. The number of carbonyl (C=O) groups excluding carboxylic acids is 1. The normalized spacial score (nSPS) is 12.0. The molecule has 2 aromatic rings. The third-order valence-corrected chi connectivity index (χ3v) is 3.54. The smallest absolute Gasteiger partial charge is 0.237 e. The van der Waals surface area contributed by atoms with Crippen molar-refractivity contribution in [2.24, 2.45) is 5.73 Å². The number of thioether (sulfide) groups is 1. The molecule has 0 saturated carbocycles. The third kappa shape index (κ3) is 4.87. The van der Waals surface area contributed by atoms with Crippen LogP contribution in [0.4, 0.5) is 4.39 Å². The molecule has 4 N–H and O–H groups in total. The van der Waals surface area contributed by atoms with Crippen LogP contribution in [0.15, 0.2) is 18.2 Å². The molecule has 21 heavy (non-hydrogen) atoms. The van der Waals surface area contributed by atoms with Crippen LogP contribution in [0.1, 0.15) is 12.2 Å². The van der Waals surface area contributed by atoms with Gasteiger partial charge in [0.25, 0.3) is 0 Å². The van der Waals surface area contributed by atoms with Crippen molar-refractivity contribution in [2.45, 2.75) is 19.0 Å². The molecule has 0 saturated heterocycles. The molecule has 0 radical (unpaired) electrons. The summed E-state index contributed by atoms with van der Waals surface area (Å²) in [5.41, 5.74) is 7.04. The molecular formula is C13H18ClFN4OS. The van der Waals surface area contributed by atoms with Crippen LogP contribution in [0.25, 0.3) is 11.0 Å². The fourth-order valence-electron chi connectivity index (χ4n) is 1.80. The van der Waals surface area contributed by atoms with Gasteiger partial charge in [0, 0.05) is 0 Å². The Labute approximate surface area is 132 Å². The van der Waals surface area contributed by atoms with E-state index in [0.29, 0.717) is 23.3 Å². The molecule has 1 heterocycles. The number of aromatic amines is 1. The quantitative estimate of drug-likeness (QED) is 0.753. The predicted octanol–water partition coefficient (Wildman–Crippen LogP) is 1.82. The molecule has 0 aliphatic heterocycles. The molecule has 0 spiro atoms. The molecule has 5 nitrogen and oxygen atoms in total. The standard InChI is InChI=1S/C13H17FN4OS.ClH/c1-20-5-4-9(15)13(19)16-7-12-17-10-3-2-8(14)6-11(10)18-12;/h2-3,6,9H,4-5,7,15H2,1H3,(H,16,19)(H,17,18);1H/t9-;/m0./s1. The molecule has 116 valence electrons. The van der Waals surface area contributed by atoms with E-state index in [9.17, 15) is 9.18 Å². The van der Waals surface area contributed by atoms with Gasteiger partial charge in [0.2, 0.25) is 5.91 Å². The van der Waals surface area contributed by atoms with Gasteiger partial charge in [-0.3, -0.25) is 4.79 Å². The first-order chi connectivity index (χ1) is 9.60. The van der Waals surface area contributed by atoms with Crippen LogP contribution < -0.4 is 11.1 Å². The van der Waals surface area contributed by atoms with E-state index >= 15 is 0 Å². The summed E-state index contributed by atoms with van der Waals surface area (Å²) < 4.78 is 13.0. The van der Waals surface area contributed by atoms with Crippen LogP contribution in [0.5, 0.6) is 0 Å². The zero-order valence-corrected chi connectivity index (χ0v) is 13.2. The lowest BCUT2D eigenvalue weighted by Crippen LogP contribution is -2.40. The molecular weight excluding hydrogens is 315 g/mol. The van der Waals surface area contributed by atoms with Gasteiger partial charge in [-0.15, -0.1) is 12.4 Å². The molecule has 1 aromatic heterocycles. The molecule has 2 rings (SSSR count). The van der Waals surface area contributed by atoms with Crippen molar-refractivity contribution in [1.82, 2.24) is 15.3 Å². The van der Waals surface area contributed by atoms with Gasteiger partial charge in [0.1, 0.15) is 11.6 Å². The Bertz CT molecular complexity index is 607. The Morgan fingerprint density at radius 2 is 2.33 bits per heavy atom. The number of nitrogens with one attached hydrogen (secondary N) is 2. The summed E-state index contributed by atoms with van der Waals surface area (Å²) in [6, 6.07) is 3.81. The number of nitrogens with two attached hydrogens (primary N) is 1. The highest BCUT2D eigenvalue weighted by Gasteiger charge is 2.13. The zero-order valence-electron chi connectivity index (χ0n) is 11.6. The van der Waals surface area contributed by atoms with Crippen LogP contribution in [-0.2, 0) is 11.3 Å². The molecule has 1 atom stereocenters. The van der Waals surface area contributed by atoms with Gasteiger partial charge in [0.15, 0.2) is 0 Å². The van der Waals surface area contributed by atoms with Crippen molar-refractivity contribution in [3.8, 4) is 0 Å². The molecule has 8 heteroatoms. The maximum Gasteiger partial charge on any atom is 0.237 e. The summed E-state index contributed by atoms with van der Waals surface area (Å²) in [7, 11) is 0. The first kappa shape index (κ1) is 17.7. The second-order valence-electron chi connectivity index (χ2n) is 4.45. The van der Waals surface area contributed by atoms with Gasteiger partial charge in [-0.05, 0) is 36.6 Å². The van der Waals surface area contributed by atoms with E-state index in [4.69, 9.17) is 5.73 Å². The summed E-state index contributed by atoms with van der Waals surface area (Å²) in [4.78, 5) is 19.0. The minimum absolute atomic E-state index is 0. The number of fused-ring (bicyclic) bond motifs is 1. The number of rotatable bonds is 6. The Kier molecular flexibility index (Phi) is 6.94. The van der Waals surface area contributed by atoms with Crippen LogP contribution in [0.3, 0.4) is 0 Å². The van der Waals surface area contributed by atoms with Crippen molar-refractivity contribution < 1.29 is 9.18 Å². The van der Waals surface area contributed by atoms with Crippen molar-refractivity contribution in [2.75, 3.05) is 12.0 Å². The average Bonchev–Trinajstić information content (AvgIpc) is 2.83. The first-order valence-electron chi connectivity index (χ1n) is 6.26. The number of nitrogens with zero attached hydrogens (tertiary/aromatic N) is 1. The second-order valence-corrected chi connectivity index (χ2v) is 5.44. The van der Waals surface area contributed by atoms with Crippen molar-refractivity contribution in [3.63, 3.8) is 0 Å². The molecule has 0 unspecified atom stereocenters. The largest absolute Gasteiger partial charge is 0.348 e. The van der Waals surface area contributed by atoms with Gasteiger partial charge >= 0.3 is 0 Å². The van der Waals surface area contributed by atoms with Gasteiger partial charge in [-0.2, -0.15) is 11.8 Å². The number of benzene rings is 1. The van der Waals surface area contributed by atoms with Crippen molar-refractivity contribution in [1.29, 1.82) is 0 Å². The number of aromatic nitrogens is 2. The van der Waals surface area contributed by atoms with Gasteiger partial charge < -0.3 is 16.0 Å². The van der Waals surface area contributed by atoms with E-state index in [-0.39, 0.29) is 30.7 Å². The molecule has 1 amide bonds. The maximum absolute atomic E-state index is 13.0. The lowest BCUT2D eigenvalue weighted by atomic mass is 10.2. The number of hydrogen-bond acceptors (Lipinski definition) is 4. The summed E-state index contributed by atoms with van der Waals surface area (Å²) in [5, 5.41) is 2.72. The first-order valence-corrected chi connectivity index (χ1v) is 7.66. The van der Waals surface area contributed by atoms with Gasteiger partial charge in [-0.1, -0.05) is 0 Å². The summed E-state index contributed by atoms with van der Waals surface area (Å²) in [6.07, 6.45) is 2.61. The van der Waals surface area contributed by atoms with Crippen LogP contribution >= 0.6 is 24.2 Å². The summed E-state index contributed by atoms with van der Waals surface area (Å²) in [6.45, 7) is 0.252. The number of imidazole rings is 1. The lowest BCUT2D eigenvalue weighted by molar-refractivity contribution is -0.122. The van der Waals surface area contributed by atoms with E-state index in [1.54, 1.807) is 17.8 Å². The monoisotopic (exact) mass is 332 g/mol. The van der Waals surface area contributed by atoms with Gasteiger partial charge in [-0.25, -0.2) is 9.37 Å². The van der Waals surface area contributed by atoms with E-state index in [1.165, 1.54) is 12.1 Å². The zero-order chi connectivity index (χ0) is 14.5. The van der Waals surface area contributed by atoms with Crippen LogP contribution in [0, 0.1) is 5.82 Å². The Hall–Kier alpha value is -1.31. The minimum Gasteiger partial charge on any atom is -0.348 e. The minimum atomic E-state index is -0.510. The topological polar surface area (TPSA) is 83.8 Å². The summed E-state index contributed by atoms with van der Waals surface area (Å²) in [5.74, 6) is 0.899. The van der Waals surface area contributed by atoms with E-state index in [2.05, 4.69) is 15.3 Å². The Morgan fingerprint density at radius 3 is 3.05 bits per heavy atom. The maximum atomic E-state index is 13.0. The van der Waals surface area contributed by atoms with Gasteiger partial charge in [0.05, 0.1) is 23.6 Å². The average molecular weight is 333 g/mol. The fraction of sp³-hybridized carbons (Fsp3) is 0.385. The predicted molar refractivity (Wildman–Crippen MR) is 86.1 cm³/mol. The van der Waals surface area contributed by atoms with Crippen molar-refractivity contribution in [3.05, 3.63) is 29.8 Å². The van der Waals surface area contributed by atoms with Crippen molar-refractivity contribution >= 4 is 41.1 Å². The number of H-pyrrole nitrogens is 1. The van der Waals surface area contributed by atoms with E-state index < -0.39 is 6.04 Å². The third-order valence-electron chi connectivity index (χ3n) is 2.89. The Morgan fingerprint density at radius 1 is 1.57 bits per heavy atom. The molecule has 0 aliphatic carbocycles. The highest BCUT2D eigenvalue weighted by atomic mass is 35.5. The molecule has 0 bridgehead atoms.